The molecule has 0 N–H and O–H groups in total. The Balaban J connectivity index is 2.50. The molecule has 0 aliphatic heterocycles. The molecule has 0 aromatic carbocycles. The summed E-state index contributed by atoms with van der Waals surface area (Å²) < 4.78 is 5.64. The van der Waals surface area contributed by atoms with Crippen molar-refractivity contribution in [3.63, 3.8) is 0 Å². The summed E-state index contributed by atoms with van der Waals surface area (Å²) in [5, 5.41) is 0. The lowest BCUT2D eigenvalue weighted by molar-refractivity contribution is 0.0982. The van der Waals surface area contributed by atoms with Crippen LogP contribution in [0.25, 0.3) is 5.70 Å². The van der Waals surface area contributed by atoms with Crippen molar-refractivity contribution in [1.29, 1.82) is 0 Å². The lowest BCUT2D eigenvalue weighted by atomic mass is 10.2. The van der Waals surface area contributed by atoms with Crippen molar-refractivity contribution in [2.45, 2.75) is 20.0 Å². The Morgan fingerprint density at radius 3 is 2.84 bits per heavy atom. The first kappa shape index (κ1) is 15.5. The van der Waals surface area contributed by atoms with Crippen LogP contribution in [-0.4, -0.2) is 49.4 Å². The minimum atomic E-state index is -0.00128. The van der Waals surface area contributed by atoms with Crippen LogP contribution in [0.2, 0.25) is 0 Å². The van der Waals surface area contributed by atoms with E-state index in [0.29, 0.717) is 6.61 Å². The van der Waals surface area contributed by atoms with E-state index < -0.39 is 0 Å². The van der Waals surface area contributed by atoms with E-state index in [1.807, 2.05) is 58.4 Å². The van der Waals surface area contributed by atoms with Gasteiger partial charge in [-0.3, -0.25) is 9.98 Å². The van der Waals surface area contributed by atoms with E-state index in [2.05, 4.69) is 14.9 Å². The molecule has 1 atom stereocenters. The molecule has 0 amide bonds. The Morgan fingerprint density at radius 2 is 2.26 bits per heavy atom. The van der Waals surface area contributed by atoms with Gasteiger partial charge in [-0.1, -0.05) is 12.1 Å². The van der Waals surface area contributed by atoms with Gasteiger partial charge in [0, 0.05) is 19.0 Å². The number of pyridine rings is 1. The molecule has 19 heavy (non-hydrogen) atoms. The monoisotopic (exact) mass is 261 g/mol. The van der Waals surface area contributed by atoms with E-state index in [-0.39, 0.29) is 6.10 Å². The summed E-state index contributed by atoms with van der Waals surface area (Å²) in [5.74, 6) is 0. The topological polar surface area (TPSA) is 37.7 Å². The lowest BCUT2D eigenvalue weighted by Gasteiger charge is -2.12. The lowest BCUT2D eigenvalue weighted by Crippen LogP contribution is -2.21. The molecule has 1 heterocycles. The maximum Gasteiger partial charge on any atom is 0.0898 e. The highest BCUT2D eigenvalue weighted by Gasteiger charge is 2.01. The fourth-order valence-corrected chi connectivity index (χ4v) is 1.45. The first-order valence-electron chi connectivity index (χ1n) is 6.51. The van der Waals surface area contributed by atoms with E-state index in [1.54, 1.807) is 6.20 Å². The maximum absolute atomic E-state index is 5.64. The third-order valence-corrected chi connectivity index (χ3v) is 2.54. The van der Waals surface area contributed by atoms with Crippen LogP contribution in [0.1, 0.15) is 19.5 Å². The molecule has 0 bridgehead atoms. The number of rotatable bonds is 7. The molecule has 1 unspecified atom stereocenters. The third-order valence-electron chi connectivity index (χ3n) is 2.54. The standard InChI is InChI=1S/C15H23N3O/c1-5-14(15-8-6-7-9-16-15)17-12-13(2)19-11-10-18(3)4/h5-9,12-13H,10-11H2,1-4H3/b14-5-,17-12?. The van der Waals surface area contributed by atoms with Crippen LogP contribution in [0.3, 0.4) is 0 Å². The number of aromatic nitrogens is 1. The highest BCUT2D eigenvalue weighted by Crippen LogP contribution is 2.11. The molecule has 0 radical (unpaired) electrons. The van der Waals surface area contributed by atoms with E-state index in [4.69, 9.17) is 4.74 Å². The molecule has 4 heteroatoms. The quantitative estimate of drug-likeness (QED) is 0.708. The van der Waals surface area contributed by atoms with Crippen molar-refractivity contribution < 1.29 is 4.74 Å². The molecule has 1 rings (SSSR count). The molecule has 104 valence electrons. The van der Waals surface area contributed by atoms with Crippen molar-refractivity contribution in [1.82, 2.24) is 9.88 Å². The highest BCUT2D eigenvalue weighted by atomic mass is 16.5. The number of hydrogen-bond acceptors (Lipinski definition) is 4. The van der Waals surface area contributed by atoms with Crippen molar-refractivity contribution >= 4 is 11.9 Å². The van der Waals surface area contributed by atoms with Gasteiger partial charge in [0.1, 0.15) is 0 Å². The van der Waals surface area contributed by atoms with Crippen LogP contribution in [0.5, 0.6) is 0 Å². The average molecular weight is 261 g/mol. The summed E-state index contributed by atoms with van der Waals surface area (Å²) in [6.07, 6.45) is 5.54. The minimum Gasteiger partial charge on any atom is -0.372 e. The van der Waals surface area contributed by atoms with Gasteiger partial charge in [0.25, 0.3) is 0 Å². The van der Waals surface area contributed by atoms with Crippen molar-refractivity contribution in [3.05, 3.63) is 36.2 Å². The van der Waals surface area contributed by atoms with Gasteiger partial charge in [-0.25, -0.2) is 0 Å². The van der Waals surface area contributed by atoms with Gasteiger partial charge in [-0.05, 0) is 40.1 Å². The van der Waals surface area contributed by atoms with E-state index in [9.17, 15) is 0 Å². The average Bonchev–Trinajstić information content (AvgIpc) is 2.40. The van der Waals surface area contributed by atoms with Crippen molar-refractivity contribution in [2.24, 2.45) is 4.99 Å². The van der Waals surface area contributed by atoms with Crippen LogP contribution in [-0.2, 0) is 4.74 Å². The van der Waals surface area contributed by atoms with Crippen LogP contribution < -0.4 is 0 Å². The summed E-state index contributed by atoms with van der Waals surface area (Å²) in [5.41, 5.74) is 1.74. The zero-order valence-electron chi connectivity index (χ0n) is 12.2. The molecular formula is C15H23N3O. The van der Waals surface area contributed by atoms with Crippen LogP contribution >= 0.6 is 0 Å². The molecular weight excluding hydrogens is 238 g/mol. The molecule has 0 fully saturated rings. The molecule has 0 aliphatic carbocycles. The second kappa shape index (κ2) is 8.56. The molecule has 1 aromatic rings. The Labute approximate surface area is 115 Å². The number of aliphatic imine (C=N–C) groups is 1. The van der Waals surface area contributed by atoms with Crippen LogP contribution in [0.4, 0.5) is 0 Å². The van der Waals surface area contributed by atoms with Gasteiger partial charge in [0.2, 0.25) is 0 Å². The summed E-state index contributed by atoms with van der Waals surface area (Å²) in [7, 11) is 4.06. The number of likely N-dealkylation sites (N-methyl/N-ethyl adjacent to an activating group) is 1. The third kappa shape index (κ3) is 6.27. The number of ether oxygens (including phenoxy) is 1. The van der Waals surface area contributed by atoms with Gasteiger partial charge in [-0.15, -0.1) is 0 Å². The molecule has 0 saturated heterocycles. The first-order chi connectivity index (χ1) is 9.13. The summed E-state index contributed by atoms with van der Waals surface area (Å²) in [4.78, 5) is 10.8. The number of hydrogen-bond donors (Lipinski definition) is 0. The molecule has 0 spiro atoms. The van der Waals surface area contributed by atoms with Crippen molar-refractivity contribution in [2.75, 3.05) is 27.2 Å². The Hall–Kier alpha value is -1.52. The van der Waals surface area contributed by atoms with Gasteiger partial charge in [-0.2, -0.15) is 0 Å². The second-order valence-corrected chi connectivity index (χ2v) is 4.55. The van der Waals surface area contributed by atoms with E-state index >= 15 is 0 Å². The molecule has 0 aliphatic rings. The summed E-state index contributed by atoms with van der Waals surface area (Å²) in [6.45, 7) is 5.56. The fraction of sp³-hybridized carbons (Fsp3) is 0.467. The maximum atomic E-state index is 5.64. The normalized spacial score (nSPS) is 14.3. The smallest absolute Gasteiger partial charge is 0.0898 e. The second-order valence-electron chi connectivity index (χ2n) is 4.55. The number of allylic oxidation sites excluding steroid dienone is 1. The van der Waals surface area contributed by atoms with Gasteiger partial charge in [0.05, 0.1) is 24.1 Å². The van der Waals surface area contributed by atoms with Crippen molar-refractivity contribution in [3.8, 4) is 0 Å². The van der Waals surface area contributed by atoms with Gasteiger partial charge in [0.15, 0.2) is 0 Å². The fourth-order valence-electron chi connectivity index (χ4n) is 1.45. The van der Waals surface area contributed by atoms with Gasteiger partial charge < -0.3 is 9.64 Å². The molecule has 0 saturated carbocycles. The summed E-state index contributed by atoms with van der Waals surface area (Å²) >= 11 is 0. The molecule has 1 aromatic heterocycles. The number of nitrogens with zero attached hydrogens (tertiary/aromatic N) is 3. The predicted molar refractivity (Wildman–Crippen MR) is 80.3 cm³/mol. The predicted octanol–water partition coefficient (Wildman–Crippen LogP) is 2.48. The zero-order valence-corrected chi connectivity index (χ0v) is 12.2. The minimum absolute atomic E-state index is 0.00128. The Bertz CT molecular complexity index is 413. The zero-order chi connectivity index (χ0) is 14.1. The Kier molecular flexibility index (Phi) is 7.00. The first-order valence-corrected chi connectivity index (χ1v) is 6.51. The van der Waals surface area contributed by atoms with Crippen LogP contribution in [0.15, 0.2) is 35.5 Å². The van der Waals surface area contributed by atoms with Crippen LogP contribution in [0, 0.1) is 0 Å². The SMILES string of the molecule is C/C=C(\N=CC(C)OCCN(C)C)c1ccccn1. The largest absolute Gasteiger partial charge is 0.372 e. The van der Waals surface area contributed by atoms with E-state index in [0.717, 1.165) is 17.9 Å². The highest BCUT2D eigenvalue weighted by molar-refractivity contribution is 5.74. The summed E-state index contributed by atoms with van der Waals surface area (Å²) in [6, 6.07) is 5.80. The Morgan fingerprint density at radius 1 is 1.47 bits per heavy atom. The van der Waals surface area contributed by atoms with Gasteiger partial charge >= 0.3 is 0 Å². The molecule has 4 nitrogen and oxygen atoms in total. The van der Waals surface area contributed by atoms with E-state index in [1.165, 1.54) is 0 Å².